The standard InChI is InChI=1S/C16H22N2Si/c1-13-9-5-7-11-15(13)17-19(3,4)18-16-12-8-6-10-14(16)2/h5-12,17-18H,1-4H3. The molecule has 0 spiro atoms. The maximum atomic E-state index is 3.69. The summed E-state index contributed by atoms with van der Waals surface area (Å²) in [5.41, 5.74) is 5.02. The van der Waals surface area contributed by atoms with Crippen LogP contribution in [0.5, 0.6) is 0 Å². The van der Waals surface area contributed by atoms with E-state index >= 15 is 0 Å². The van der Waals surface area contributed by atoms with Crippen molar-refractivity contribution in [3.05, 3.63) is 59.7 Å². The SMILES string of the molecule is Cc1ccccc1N[Si](C)(C)Nc1ccccc1C. The number of hydrogen-bond donors (Lipinski definition) is 2. The summed E-state index contributed by atoms with van der Waals surface area (Å²) in [5.74, 6) is 0. The smallest absolute Gasteiger partial charge is 0.252 e. The quantitative estimate of drug-likeness (QED) is 0.798. The van der Waals surface area contributed by atoms with E-state index in [0.29, 0.717) is 0 Å². The van der Waals surface area contributed by atoms with Crippen molar-refractivity contribution in [2.24, 2.45) is 0 Å². The first kappa shape index (κ1) is 13.7. The molecule has 0 amide bonds. The lowest BCUT2D eigenvalue weighted by Crippen LogP contribution is -2.46. The minimum absolute atomic E-state index is 1.22. The molecule has 0 fully saturated rings. The van der Waals surface area contributed by atoms with Gasteiger partial charge in [-0.25, -0.2) is 0 Å². The molecule has 0 aliphatic rings. The van der Waals surface area contributed by atoms with Crippen LogP contribution in [0, 0.1) is 13.8 Å². The molecule has 2 aromatic rings. The van der Waals surface area contributed by atoms with E-state index in [9.17, 15) is 0 Å². The minimum atomic E-state index is -1.75. The summed E-state index contributed by atoms with van der Waals surface area (Å²) in [6, 6.07) is 16.9. The molecule has 3 heteroatoms. The fourth-order valence-corrected chi connectivity index (χ4v) is 4.10. The van der Waals surface area contributed by atoms with Gasteiger partial charge in [-0.3, -0.25) is 0 Å². The van der Waals surface area contributed by atoms with Crippen LogP contribution in [0.4, 0.5) is 11.4 Å². The first-order valence-corrected chi connectivity index (χ1v) is 9.65. The van der Waals surface area contributed by atoms with Crippen molar-refractivity contribution >= 4 is 19.8 Å². The molecule has 0 bridgehead atoms. The summed E-state index contributed by atoms with van der Waals surface area (Å²) >= 11 is 0. The molecular formula is C16H22N2Si. The predicted octanol–water partition coefficient (Wildman–Crippen LogP) is 4.53. The Labute approximate surface area is 117 Å². The number of nitrogens with one attached hydrogen (secondary N) is 2. The third kappa shape index (κ3) is 3.61. The maximum absolute atomic E-state index is 3.69. The number of rotatable bonds is 4. The summed E-state index contributed by atoms with van der Waals surface area (Å²) in [5, 5.41) is 0. The van der Waals surface area contributed by atoms with Gasteiger partial charge in [-0.2, -0.15) is 0 Å². The molecule has 0 heterocycles. The fraction of sp³-hybridized carbons (Fsp3) is 0.250. The lowest BCUT2D eigenvalue weighted by molar-refractivity contribution is 1.41. The zero-order valence-electron chi connectivity index (χ0n) is 12.1. The van der Waals surface area contributed by atoms with Crippen LogP contribution in [0.2, 0.25) is 13.1 Å². The Morgan fingerprint density at radius 3 is 1.42 bits per heavy atom. The van der Waals surface area contributed by atoms with Crippen LogP contribution >= 0.6 is 0 Å². The molecule has 0 aliphatic carbocycles. The highest BCUT2D eigenvalue weighted by Crippen LogP contribution is 2.21. The lowest BCUT2D eigenvalue weighted by atomic mass is 10.2. The Morgan fingerprint density at radius 1 is 0.684 bits per heavy atom. The highest BCUT2D eigenvalue weighted by molar-refractivity contribution is 6.83. The molecule has 19 heavy (non-hydrogen) atoms. The minimum Gasteiger partial charge on any atom is -0.394 e. The van der Waals surface area contributed by atoms with Crippen LogP contribution in [0.3, 0.4) is 0 Å². The molecule has 0 atom stereocenters. The van der Waals surface area contributed by atoms with Crippen LogP contribution < -0.4 is 9.96 Å². The van der Waals surface area contributed by atoms with Crippen molar-refractivity contribution in [1.29, 1.82) is 0 Å². The van der Waals surface area contributed by atoms with E-state index in [2.05, 4.69) is 85.4 Å². The number of anilines is 2. The number of para-hydroxylation sites is 2. The Kier molecular flexibility index (Phi) is 3.95. The van der Waals surface area contributed by atoms with Crippen molar-refractivity contribution in [3.8, 4) is 0 Å². The van der Waals surface area contributed by atoms with Gasteiger partial charge in [0.15, 0.2) is 0 Å². The molecule has 2 N–H and O–H groups in total. The second-order valence-electron chi connectivity index (χ2n) is 5.50. The number of aryl methyl sites for hydroxylation is 2. The van der Waals surface area contributed by atoms with Crippen LogP contribution in [-0.4, -0.2) is 8.40 Å². The molecule has 0 saturated heterocycles. The fourth-order valence-electron chi connectivity index (χ4n) is 2.13. The Balaban J connectivity index is 2.15. The second kappa shape index (κ2) is 5.49. The van der Waals surface area contributed by atoms with Crippen molar-refractivity contribution in [1.82, 2.24) is 0 Å². The van der Waals surface area contributed by atoms with Gasteiger partial charge < -0.3 is 9.96 Å². The van der Waals surface area contributed by atoms with Gasteiger partial charge >= 0.3 is 0 Å². The van der Waals surface area contributed by atoms with Crippen molar-refractivity contribution < 1.29 is 0 Å². The molecule has 0 saturated carbocycles. The number of hydrogen-bond acceptors (Lipinski definition) is 2. The highest BCUT2D eigenvalue weighted by atomic mass is 28.3. The summed E-state index contributed by atoms with van der Waals surface area (Å²) in [6.45, 7) is 8.85. The van der Waals surface area contributed by atoms with E-state index in [4.69, 9.17) is 0 Å². The summed E-state index contributed by atoms with van der Waals surface area (Å²) in [7, 11) is -1.75. The Hall–Kier alpha value is -1.74. The summed E-state index contributed by atoms with van der Waals surface area (Å²) in [4.78, 5) is 7.38. The first-order valence-electron chi connectivity index (χ1n) is 6.65. The monoisotopic (exact) mass is 270 g/mol. The van der Waals surface area contributed by atoms with E-state index < -0.39 is 8.40 Å². The van der Waals surface area contributed by atoms with E-state index in [-0.39, 0.29) is 0 Å². The first-order chi connectivity index (χ1) is 8.98. The molecule has 2 aromatic carbocycles. The molecule has 2 nitrogen and oxygen atoms in total. The van der Waals surface area contributed by atoms with Crippen LogP contribution in [0.25, 0.3) is 0 Å². The maximum Gasteiger partial charge on any atom is 0.252 e. The predicted molar refractivity (Wildman–Crippen MR) is 87.1 cm³/mol. The zero-order chi connectivity index (χ0) is 13.9. The molecule has 100 valence electrons. The largest absolute Gasteiger partial charge is 0.394 e. The lowest BCUT2D eigenvalue weighted by Gasteiger charge is -2.28. The third-order valence-electron chi connectivity index (χ3n) is 3.18. The van der Waals surface area contributed by atoms with Crippen molar-refractivity contribution in [2.75, 3.05) is 9.96 Å². The van der Waals surface area contributed by atoms with Crippen molar-refractivity contribution in [2.45, 2.75) is 26.9 Å². The Morgan fingerprint density at radius 2 is 1.05 bits per heavy atom. The van der Waals surface area contributed by atoms with Gasteiger partial charge in [0.25, 0.3) is 8.40 Å². The van der Waals surface area contributed by atoms with Gasteiger partial charge in [0.2, 0.25) is 0 Å². The average Bonchev–Trinajstić information content (AvgIpc) is 2.35. The second-order valence-corrected chi connectivity index (χ2v) is 9.25. The van der Waals surface area contributed by atoms with Crippen LogP contribution in [-0.2, 0) is 0 Å². The van der Waals surface area contributed by atoms with Crippen LogP contribution in [0.1, 0.15) is 11.1 Å². The third-order valence-corrected chi connectivity index (χ3v) is 4.97. The van der Waals surface area contributed by atoms with Gasteiger partial charge in [0.05, 0.1) is 0 Å². The average molecular weight is 270 g/mol. The van der Waals surface area contributed by atoms with Gasteiger partial charge in [-0.05, 0) is 50.2 Å². The van der Waals surface area contributed by atoms with E-state index in [1.807, 2.05) is 0 Å². The van der Waals surface area contributed by atoms with E-state index in [1.54, 1.807) is 0 Å². The molecular weight excluding hydrogens is 248 g/mol. The number of benzene rings is 2. The topological polar surface area (TPSA) is 24.1 Å². The summed E-state index contributed by atoms with van der Waals surface area (Å²) < 4.78 is 0. The molecule has 0 unspecified atom stereocenters. The van der Waals surface area contributed by atoms with E-state index in [0.717, 1.165) is 0 Å². The van der Waals surface area contributed by atoms with Gasteiger partial charge in [-0.1, -0.05) is 36.4 Å². The zero-order valence-corrected chi connectivity index (χ0v) is 13.1. The molecule has 0 radical (unpaired) electrons. The van der Waals surface area contributed by atoms with E-state index in [1.165, 1.54) is 22.5 Å². The normalized spacial score (nSPS) is 11.2. The van der Waals surface area contributed by atoms with Gasteiger partial charge in [0.1, 0.15) is 0 Å². The van der Waals surface area contributed by atoms with Gasteiger partial charge in [-0.15, -0.1) is 0 Å². The Bertz CT molecular complexity index is 515. The molecule has 0 aliphatic heterocycles. The van der Waals surface area contributed by atoms with Crippen molar-refractivity contribution in [3.63, 3.8) is 0 Å². The molecule has 0 aromatic heterocycles. The van der Waals surface area contributed by atoms with Crippen LogP contribution in [0.15, 0.2) is 48.5 Å². The molecule has 2 rings (SSSR count). The summed E-state index contributed by atoms with van der Waals surface area (Å²) in [6.07, 6.45) is 0. The van der Waals surface area contributed by atoms with Gasteiger partial charge in [0, 0.05) is 11.4 Å². The highest BCUT2D eigenvalue weighted by Gasteiger charge is 2.22.